The maximum Gasteiger partial charge on any atom is 0.135 e. The van der Waals surface area contributed by atoms with Crippen LogP contribution in [0.5, 0.6) is 0 Å². The van der Waals surface area contributed by atoms with Crippen LogP contribution >= 0.6 is 0 Å². The van der Waals surface area contributed by atoms with Crippen LogP contribution in [-0.4, -0.2) is 5.78 Å². The Labute approximate surface area is 199 Å². The molecule has 5 saturated carbocycles. The summed E-state index contributed by atoms with van der Waals surface area (Å²) in [5.41, 5.74) is 2.92. The van der Waals surface area contributed by atoms with Crippen molar-refractivity contribution in [2.45, 2.75) is 126 Å². The topological polar surface area (TPSA) is 17.1 Å². The molecule has 0 amide bonds. The Morgan fingerprint density at radius 1 is 0.812 bits per heavy atom. The molecule has 0 bridgehead atoms. The second-order valence-corrected chi connectivity index (χ2v) is 15.0. The maximum absolute atomic E-state index is 12.3. The predicted octanol–water partition coefficient (Wildman–Crippen LogP) is 8.70. The highest BCUT2D eigenvalue weighted by atomic mass is 16.1. The number of fused-ring (bicyclic) bond motifs is 2. The maximum atomic E-state index is 12.3. The van der Waals surface area contributed by atoms with E-state index in [-0.39, 0.29) is 5.92 Å². The van der Waals surface area contributed by atoms with Gasteiger partial charge in [0.15, 0.2) is 0 Å². The number of rotatable bonds is 5. The van der Waals surface area contributed by atoms with E-state index in [0.717, 1.165) is 36.5 Å². The molecule has 2 spiro atoms. The van der Waals surface area contributed by atoms with Gasteiger partial charge in [-0.05, 0) is 121 Å². The van der Waals surface area contributed by atoms with Crippen LogP contribution in [0.25, 0.3) is 0 Å². The van der Waals surface area contributed by atoms with E-state index in [1.807, 2.05) is 0 Å². The molecule has 0 aromatic rings. The first-order valence-corrected chi connectivity index (χ1v) is 14.4. The molecule has 5 rings (SSSR count). The third-order valence-corrected chi connectivity index (χ3v) is 13.9. The van der Waals surface area contributed by atoms with Crippen molar-refractivity contribution >= 4 is 5.78 Å². The first-order chi connectivity index (χ1) is 14.9. The van der Waals surface area contributed by atoms with Crippen LogP contribution in [0.1, 0.15) is 126 Å². The van der Waals surface area contributed by atoms with Gasteiger partial charge in [-0.1, -0.05) is 55.4 Å². The molecule has 0 N–H and O–H groups in total. The summed E-state index contributed by atoms with van der Waals surface area (Å²) in [5, 5.41) is 0. The molecule has 0 heterocycles. The van der Waals surface area contributed by atoms with Crippen LogP contribution in [0.2, 0.25) is 0 Å². The van der Waals surface area contributed by atoms with E-state index in [2.05, 4.69) is 55.4 Å². The highest BCUT2D eigenvalue weighted by Crippen LogP contribution is 2.89. The average molecular weight is 441 g/mol. The van der Waals surface area contributed by atoms with Gasteiger partial charge >= 0.3 is 0 Å². The minimum absolute atomic E-state index is 0.199. The molecule has 0 saturated heterocycles. The summed E-state index contributed by atoms with van der Waals surface area (Å²) in [6.07, 6.45) is 15.3. The minimum atomic E-state index is 0.199. The van der Waals surface area contributed by atoms with E-state index < -0.39 is 0 Å². The zero-order chi connectivity index (χ0) is 23.3. The lowest BCUT2D eigenvalue weighted by atomic mass is 9.41. The van der Waals surface area contributed by atoms with Crippen LogP contribution < -0.4 is 0 Å². The summed E-state index contributed by atoms with van der Waals surface area (Å²) >= 11 is 0. The van der Waals surface area contributed by atoms with Crippen molar-refractivity contribution in [2.24, 2.45) is 62.6 Å². The third kappa shape index (κ3) is 2.72. The van der Waals surface area contributed by atoms with Crippen molar-refractivity contribution in [1.82, 2.24) is 0 Å². The van der Waals surface area contributed by atoms with Crippen molar-refractivity contribution in [3.63, 3.8) is 0 Å². The predicted molar refractivity (Wildman–Crippen MR) is 134 cm³/mol. The van der Waals surface area contributed by atoms with Gasteiger partial charge in [0.1, 0.15) is 5.78 Å². The number of Topliss-reactive ketones (excluding diaryl/α,β-unsaturated/α-hetero) is 1. The molecular formula is C31H52O. The lowest BCUT2D eigenvalue weighted by molar-refractivity contribution is -0.149. The molecule has 0 aromatic heterocycles. The summed E-state index contributed by atoms with van der Waals surface area (Å²) in [4.78, 5) is 12.3. The van der Waals surface area contributed by atoms with Crippen molar-refractivity contribution in [1.29, 1.82) is 0 Å². The van der Waals surface area contributed by atoms with Gasteiger partial charge in [0.25, 0.3) is 0 Å². The Kier molecular flexibility index (Phi) is 5.19. The van der Waals surface area contributed by atoms with Gasteiger partial charge in [0.2, 0.25) is 0 Å². The normalized spacial score (nSPS) is 51.9. The molecule has 5 aliphatic carbocycles. The second-order valence-electron chi connectivity index (χ2n) is 15.0. The molecule has 5 aliphatic rings. The highest BCUT2D eigenvalue weighted by molar-refractivity contribution is 5.80. The summed E-state index contributed by atoms with van der Waals surface area (Å²) < 4.78 is 0. The van der Waals surface area contributed by atoms with Gasteiger partial charge in [0, 0.05) is 12.3 Å². The molecule has 9 atom stereocenters. The van der Waals surface area contributed by atoms with Gasteiger partial charge < -0.3 is 0 Å². The first-order valence-electron chi connectivity index (χ1n) is 14.4. The summed E-state index contributed by atoms with van der Waals surface area (Å²) in [6, 6.07) is 0. The molecule has 2 unspecified atom stereocenters. The Bertz CT molecular complexity index is 779. The van der Waals surface area contributed by atoms with Crippen molar-refractivity contribution in [3.05, 3.63) is 0 Å². The van der Waals surface area contributed by atoms with Crippen LogP contribution in [0, 0.1) is 62.6 Å². The third-order valence-electron chi connectivity index (χ3n) is 13.9. The van der Waals surface area contributed by atoms with Crippen LogP contribution in [0.3, 0.4) is 0 Å². The van der Waals surface area contributed by atoms with Gasteiger partial charge in [0.05, 0.1) is 0 Å². The van der Waals surface area contributed by atoms with Crippen LogP contribution in [0.15, 0.2) is 0 Å². The number of carbonyl (C=O) groups is 1. The number of hydrogen-bond acceptors (Lipinski definition) is 1. The van der Waals surface area contributed by atoms with Crippen molar-refractivity contribution < 1.29 is 4.79 Å². The summed E-state index contributed by atoms with van der Waals surface area (Å²) in [5.74, 6) is 5.01. The smallest absolute Gasteiger partial charge is 0.135 e. The van der Waals surface area contributed by atoms with E-state index in [1.54, 1.807) is 6.42 Å². The zero-order valence-corrected chi connectivity index (χ0v) is 22.7. The summed E-state index contributed by atoms with van der Waals surface area (Å²) in [7, 11) is 0. The Morgan fingerprint density at radius 3 is 2.16 bits per heavy atom. The van der Waals surface area contributed by atoms with E-state index >= 15 is 0 Å². The van der Waals surface area contributed by atoms with Crippen LogP contribution in [-0.2, 0) is 4.79 Å². The average Bonchev–Trinajstić information content (AvgIpc) is 3.31. The number of ketones is 1. The lowest BCUT2D eigenvalue weighted by Crippen LogP contribution is -2.56. The first kappa shape index (κ1) is 23.4. The van der Waals surface area contributed by atoms with Gasteiger partial charge in [-0.25, -0.2) is 0 Å². The highest BCUT2D eigenvalue weighted by Gasteiger charge is 2.81. The molecule has 0 aromatic carbocycles. The summed E-state index contributed by atoms with van der Waals surface area (Å²) in [6.45, 7) is 19.8. The molecule has 32 heavy (non-hydrogen) atoms. The minimum Gasteiger partial charge on any atom is -0.299 e. The molecule has 0 radical (unpaired) electrons. The van der Waals surface area contributed by atoms with E-state index in [4.69, 9.17) is 0 Å². The number of hydrogen-bond donors (Lipinski definition) is 0. The van der Waals surface area contributed by atoms with Gasteiger partial charge in [-0.3, -0.25) is 4.79 Å². The fraction of sp³-hybridized carbons (Fsp3) is 0.968. The fourth-order valence-corrected chi connectivity index (χ4v) is 11.4. The molecule has 5 fully saturated rings. The van der Waals surface area contributed by atoms with E-state index in [9.17, 15) is 4.79 Å². The van der Waals surface area contributed by atoms with Crippen molar-refractivity contribution in [3.8, 4) is 0 Å². The lowest BCUT2D eigenvalue weighted by Gasteiger charge is -2.63. The SMILES string of the molecule is CC(C)C(=O)CC[C@@H](C)[C@H]1CC[C@@]2(C)C3CCC4C(C)(C)[C@@H](C)CC[C@@]45C[C@@]35CC[C@]12C. The van der Waals surface area contributed by atoms with E-state index in [0.29, 0.717) is 38.8 Å². The largest absolute Gasteiger partial charge is 0.299 e. The fourth-order valence-electron chi connectivity index (χ4n) is 11.4. The molecule has 0 aliphatic heterocycles. The molecule has 182 valence electrons. The Morgan fingerprint density at radius 2 is 1.47 bits per heavy atom. The molecular weight excluding hydrogens is 388 g/mol. The Hall–Kier alpha value is -0.330. The monoisotopic (exact) mass is 440 g/mol. The number of carbonyl (C=O) groups excluding carboxylic acids is 1. The van der Waals surface area contributed by atoms with Crippen LogP contribution in [0.4, 0.5) is 0 Å². The quantitative estimate of drug-likeness (QED) is 0.418. The van der Waals surface area contributed by atoms with Gasteiger partial charge in [-0.15, -0.1) is 0 Å². The standard InChI is InChI=1S/C31H52O/c1-20(2)24(32)10-9-21(3)23-14-15-29(8)26-12-11-25-27(5,6)22(4)13-16-30(25)19-31(26,30)18-17-28(23,29)7/h20-23,25-26H,9-19H2,1-8H3/t21-,22+,23-,25?,26?,28-,29+,30-,31+/m1/s1. The van der Waals surface area contributed by atoms with Crippen molar-refractivity contribution in [2.75, 3.05) is 0 Å². The van der Waals surface area contributed by atoms with E-state index in [1.165, 1.54) is 51.4 Å². The molecule has 1 nitrogen and oxygen atoms in total. The second kappa shape index (κ2) is 7.10. The Balaban J connectivity index is 1.39. The van der Waals surface area contributed by atoms with Gasteiger partial charge in [-0.2, -0.15) is 0 Å². The zero-order valence-electron chi connectivity index (χ0n) is 22.7. The molecule has 1 heteroatoms.